The number of benzene rings is 1. The van der Waals surface area contributed by atoms with E-state index in [1.54, 1.807) is 32.0 Å². The van der Waals surface area contributed by atoms with Gasteiger partial charge in [0, 0.05) is 16.6 Å². The van der Waals surface area contributed by atoms with Gasteiger partial charge in [-0.2, -0.15) is 0 Å². The Morgan fingerprint density at radius 3 is 2.65 bits per heavy atom. The lowest BCUT2D eigenvalue weighted by Crippen LogP contribution is -2.34. The average Bonchev–Trinajstić information content (AvgIpc) is 2.62. The Balaban J connectivity index is 2.47. The summed E-state index contributed by atoms with van der Waals surface area (Å²) in [6, 6.07) is 4.97. The Morgan fingerprint density at radius 1 is 1.35 bits per heavy atom. The summed E-state index contributed by atoms with van der Waals surface area (Å²) in [5, 5.41) is 0. The molecule has 0 aliphatic carbocycles. The molecule has 23 heavy (non-hydrogen) atoms. The number of methoxy groups -OCH3 is 1. The van der Waals surface area contributed by atoms with E-state index in [4.69, 9.17) is 9.47 Å². The van der Waals surface area contributed by atoms with Gasteiger partial charge >= 0.3 is 12.1 Å². The van der Waals surface area contributed by atoms with Crippen molar-refractivity contribution < 1.29 is 23.9 Å². The van der Waals surface area contributed by atoms with Crippen LogP contribution in [0, 0.1) is 5.92 Å². The molecule has 0 unspecified atom stereocenters. The lowest BCUT2D eigenvalue weighted by Gasteiger charge is -2.23. The van der Waals surface area contributed by atoms with Crippen molar-refractivity contribution in [2.45, 2.75) is 26.4 Å². The third-order valence-electron chi connectivity index (χ3n) is 3.52. The highest BCUT2D eigenvalue weighted by atomic mass is 79.9. The minimum absolute atomic E-state index is 0.186. The second-order valence-corrected chi connectivity index (χ2v) is 6.39. The standard InChI is InChI=1S/C16H18BrNO5/c1-9(2)23-16(21)18-7-6-12(15(20)22-3)14(19)11-5-4-10(17)8-13(11)18/h4-5,8-9,12H,6-7H2,1-3H3/t12-/m0/s1. The van der Waals surface area contributed by atoms with Crippen molar-refractivity contribution in [3.8, 4) is 0 Å². The van der Waals surface area contributed by atoms with Crippen molar-refractivity contribution >= 4 is 39.5 Å². The molecule has 124 valence electrons. The zero-order valence-electron chi connectivity index (χ0n) is 13.2. The number of Topliss-reactive ketones (excluding diaryl/α,β-unsaturated/α-hetero) is 1. The minimum Gasteiger partial charge on any atom is -0.468 e. The molecule has 1 aliphatic heterocycles. The molecule has 0 saturated heterocycles. The van der Waals surface area contributed by atoms with Crippen LogP contribution < -0.4 is 4.90 Å². The van der Waals surface area contributed by atoms with Gasteiger partial charge in [0.25, 0.3) is 0 Å². The highest BCUT2D eigenvalue weighted by molar-refractivity contribution is 9.10. The van der Waals surface area contributed by atoms with Crippen LogP contribution in [0.2, 0.25) is 0 Å². The summed E-state index contributed by atoms with van der Waals surface area (Å²) < 4.78 is 10.7. The van der Waals surface area contributed by atoms with E-state index in [1.807, 2.05) is 0 Å². The normalized spacial score (nSPS) is 17.5. The summed E-state index contributed by atoms with van der Waals surface area (Å²) in [4.78, 5) is 38.3. The SMILES string of the molecule is COC(=O)[C@H]1CCN(C(=O)OC(C)C)c2cc(Br)ccc2C1=O. The second-order valence-electron chi connectivity index (χ2n) is 5.47. The molecule has 1 aromatic rings. The fraction of sp³-hybridized carbons (Fsp3) is 0.438. The van der Waals surface area contributed by atoms with Crippen LogP contribution in [0.1, 0.15) is 30.6 Å². The summed E-state index contributed by atoms with van der Waals surface area (Å²) in [6.45, 7) is 3.69. The van der Waals surface area contributed by atoms with Crippen LogP contribution >= 0.6 is 15.9 Å². The van der Waals surface area contributed by atoms with E-state index in [0.717, 1.165) is 4.47 Å². The molecule has 0 spiro atoms. The Bertz CT molecular complexity index is 643. The van der Waals surface area contributed by atoms with Crippen LogP contribution in [0.4, 0.5) is 10.5 Å². The summed E-state index contributed by atoms with van der Waals surface area (Å²) in [5.41, 5.74) is 0.739. The first-order chi connectivity index (χ1) is 10.8. The van der Waals surface area contributed by atoms with E-state index >= 15 is 0 Å². The van der Waals surface area contributed by atoms with Gasteiger partial charge in [-0.05, 0) is 38.5 Å². The second kappa shape index (κ2) is 7.12. The third kappa shape index (κ3) is 3.72. The predicted molar refractivity (Wildman–Crippen MR) is 87.6 cm³/mol. The van der Waals surface area contributed by atoms with E-state index in [-0.39, 0.29) is 24.9 Å². The van der Waals surface area contributed by atoms with Crippen LogP contribution in [-0.2, 0) is 14.3 Å². The number of esters is 1. The zero-order valence-corrected chi connectivity index (χ0v) is 14.8. The Kier molecular flexibility index (Phi) is 5.41. The van der Waals surface area contributed by atoms with E-state index in [0.29, 0.717) is 11.3 Å². The summed E-state index contributed by atoms with van der Waals surface area (Å²) in [5.74, 6) is -1.86. The van der Waals surface area contributed by atoms with Crippen molar-refractivity contribution in [3.05, 3.63) is 28.2 Å². The number of ether oxygens (including phenoxy) is 2. The molecule has 0 N–H and O–H groups in total. The highest BCUT2D eigenvalue weighted by Crippen LogP contribution is 2.32. The average molecular weight is 384 g/mol. The maximum absolute atomic E-state index is 12.6. The van der Waals surface area contributed by atoms with Crippen LogP contribution in [0.3, 0.4) is 0 Å². The Hall–Kier alpha value is -1.89. The zero-order chi connectivity index (χ0) is 17.1. The number of anilines is 1. The fourth-order valence-electron chi connectivity index (χ4n) is 2.46. The van der Waals surface area contributed by atoms with E-state index in [1.165, 1.54) is 12.0 Å². The number of nitrogens with zero attached hydrogens (tertiary/aromatic N) is 1. The van der Waals surface area contributed by atoms with Gasteiger partial charge in [-0.25, -0.2) is 4.79 Å². The van der Waals surface area contributed by atoms with Gasteiger partial charge in [0.15, 0.2) is 5.78 Å². The predicted octanol–water partition coefficient (Wildman–Crippen LogP) is 3.18. The van der Waals surface area contributed by atoms with Gasteiger partial charge < -0.3 is 9.47 Å². The maximum atomic E-state index is 12.6. The summed E-state index contributed by atoms with van der Waals surface area (Å²) >= 11 is 3.34. The van der Waals surface area contributed by atoms with E-state index in [2.05, 4.69) is 15.9 Å². The van der Waals surface area contributed by atoms with Gasteiger partial charge in [-0.15, -0.1) is 0 Å². The lowest BCUT2D eigenvalue weighted by atomic mass is 9.95. The number of rotatable bonds is 2. The molecule has 0 fully saturated rings. The van der Waals surface area contributed by atoms with Crippen LogP contribution in [0.5, 0.6) is 0 Å². The number of hydrogen-bond donors (Lipinski definition) is 0. The first-order valence-electron chi connectivity index (χ1n) is 7.25. The quantitative estimate of drug-likeness (QED) is 0.579. The Labute approximate surface area is 142 Å². The van der Waals surface area contributed by atoms with Gasteiger partial charge in [-0.1, -0.05) is 15.9 Å². The molecule has 1 amide bonds. The maximum Gasteiger partial charge on any atom is 0.414 e. The number of fused-ring (bicyclic) bond motifs is 1. The minimum atomic E-state index is -0.920. The van der Waals surface area contributed by atoms with Gasteiger partial charge in [0.2, 0.25) is 0 Å². The largest absolute Gasteiger partial charge is 0.468 e. The van der Waals surface area contributed by atoms with Crippen LogP contribution in [0.25, 0.3) is 0 Å². The van der Waals surface area contributed by atoms with Crippen LogP contribution in [-0.4, -0.2) is 37.6 Å². The van der Waals surface area contributed by atoms with Gasteiger partial charge in [-0.3, -0.25) is 14.5 Å². The summed E-state index contributed by atoms with van der Waals surface area (Å²) in [7, 11) is 1.24. The number of carbonyl (C=O) groups excluding carboxylic acids is 3. The molecule has 1 heterocycles. The number of ketones is 1. The molecule has 1 aliphatic rings. The molecular formula is C16H18BrNO5. The van der Waals surface area contributed by atoms with E-state index in [9.17, 15) is 14.4 Å². The van der Waals surface area contributed by atoms with Crippen molar-refractivity contribution in [1.29, 1.82) is 0 Å². The van der Waals surface area contributed by atoms with Crippen molar-refractivity contribution in [2.24, 2.45) is 5.92 Å². The molecule has 2 rings (SSSR count). The van der Waals surface area contributed by atoms with Crippen molar-refractivity contribution in [2.75, 3.05) is 18.6 Å². The third-order valence-corrected chi connectivity index (χ3v) is 4.01. The highest BCUT2D eigenvalue weighted by Gasteiger charge is 2.36. The molecule has 6 nitrogen and oxygen atoms in total. The smallest absolute Gasteiger partial charge is 0.414 e. The number of amides is 1. The number of hydrogen-bond acceptors (Lipinski definition) is 5. The molecule has 7 heteroatoms. The molecule has 0 saturated carbocycles. The van der Waals surface area contributed by atoms with Gasteiger partial charge in [0.1, 0.15) is 5.92 Å². The van der Waals surface area contributed by atoms with Crippen LogP contribution in [0.15, 0.2) is 22.7 Å². The summed E-state index contributed by atoms with van der Waals surface area (Å²) in [6.07, 6.45) is -0.642. The molecular weight excluding hydrogens is 366 g/mol. The van der Waals surface area contributed by atoms with E-state index < -0.39 is 18.0 Å². The molecule has 0 aromatic heterocycles. The number of carbonyl (C=O) groups is 3. The fourth-order valence-corrected chi connectivity index (χ4v) is 2.80. The van der Waals surface area contributed by atoms with Crippen molar-refractivity contribution in [3.63, 3.8) is 0 Å². The number of halogens is 1. The molecule has 1 atom stereocenters. The topological polar surface area (TPSA) is 72.9 Å². The first kappa shape index (κ1) is 17.5. The molecule has 1 aromatic carbocycles. The molecule has 0 radical (unpaired) electrons. The Morgan fingerprint density at radius 2 is 2.04 bits per heavy atom. The van der Waals surface area contributed by atoms with Crippen molar-refractivity contribution in [1.82, 2.24) is 0 Å². The molecule has 0 bridgehead atoms. The van der Waals surface area contributed by atoms with Gasteiger partial charge in [0.05, 0.1) is 18.9 Å². The monoisotopic (exact) mass is 383 g/mol. The first-order valence-corrected chi connectivity index (χ1v) is 8.04. The lowest BCUT2D eigenvalue weighted by molar-refractivity contribution is -0.143.